The highest BCUT2D eigenvalue weighted by Gasteiger charge is 2.35. The molecule has 2 unspecified atom stereocenters. The van der Waals surface area contributed by atoms with Gasteiger partial charge in [0, 0.05) is 11.6 Å². The second-order valence-electron chi connectivity index (χ2n) is 6.02. The maximum atomic E-state index is 12.9. The highest BCUT2D eigenvalue weighted by molar-refractivity contribution is 5.98. The number of benzene rings is 1. The maximum absolute atomic E-state index is 12.9. The summed E-state index contributed by atoms with van der Waals surface area (Å²) in [5, 5.41) is 14.4. The Morgan fingerprint density at radius 3 is 2.42 bits per heavy atom. The molecular formula is C16H19F3N2O3. The van der Waals surface area contributed by atoms with Crippen LogP contribution in [0.1, 0.15) is 30.9 Å². The first-order valence-electron chi connectivity index (χ1n) is 7.56. The number of hydrogen-bond acceptors (Lipinski definition) is 3. The van der Waals surface area contributed by atoms with Gasteiger partial charge in [0.25, 0.3) is 0 Å². The van der Waals surface area contributed by atoms with Gasteiger partial charge in [0.1, 0.15) is 6.04 Å². The second kappa shape index (κ2) is 6.80. The zero-order chi connectivity index (χ0) is 18.1. The van der Waals surface area contributed by atoms with Crippen LogP contribution in [0.5, 0.6) is 0 Å². The number of aliphatic hydroxyl groups excluding tert-OH is 1. The number of rotatable bonds is 5. The number of amides is 2. The quantitative estimate of drug-likeness (QED) is 0.766. The number of halogens is 3. The third-order valence-corrected chi connectivity index (χ3v) is 3.82. The van der Waals surface area contributed by atoms with Crippen LogP contribution in [0.15, 0.2) is 18.2 Å². The van der Waals surface area contributed by atoms with E-state index >= 15 is 0 Å². The van der Waals surface area contributed by atoms with E-state index in [2.05, 4.69) is 10.6 Å². The molecule has 1 aliphatic carbocycles. The smallest absolute Gasteiger partial charge is 0.391 e. The van der Waals surface area contributed by atoms with Crippen LogP contribution in [-0.4, -0.2) is 29.1 Å². The van der Waals surface area contributed by atoms with Crippen molar-refractivity contribution < 1.29 is 27.9 Å². The van der Waals surface area contributed by atoms with E-state index in [1.165, 1.54) is 26.0 Å². The van der Waals surface area contributed by atoms with Gasteiger partial charge in [-0.05, 0) is 44.4 Å². The van der Waals surface area contributed by atoms with E-state index < -0.39 is 29.8 Å². The van der Waals surface area contributed by atoms with E-state index in [0.717, 1.165) is 18.9 Å². The van der Waals surface area contributed by atoms with E-state index in [1.54, 1.807) is 0 Å². The second-order valence-corrected chi connectivity index (χ2v) is 6.02. The number of anilines is 1. The van der Waals surface area contributed by atoms with Crippen LogP contribution in [0, 0.1) is 12.8 Å². The van der Waals surface area contributed by atoms with Gasteiger partial charge < -0.3 is 15.7 Å². The molecule has 1 saturated carbocycles. The summed E-state index contributed by atoms with van der Waals surface area (Å²) in [5.41, 5.74) is -0.866. The Bertz CT molecular complexity index is 640. The van der Waals surface area contributed by atoms with E-state index in [9.17, 15) is 27.9 Å². The predicted molar refractivity (Wildman–Crippen MR) is 81.1 cm³/mol. The predicted octanol–water partition coefficient (Wildman–Crippen LogP) is 2.23. The summed E-state index contributed by atoms with van der Waals surface area (Å²) >= 11 is 0. The Hall–Kier alpha value is -2.09. The van der Waals surface area contributed by atoms with Gasteiger partial charge in [0.2, 0.25) is 11.8 Å². The molecule has 1 aliphatic rings. The highest BCUT2D eigenvalue weighted by atomic mass is 19.4. The van der Waals surface area contributed by atoms with Crippen LogP contribution in [0.4, 0.5) is 18.9 Å². The van der Waals surface area contributed by atoms with E-state index in [-0.39, 0.29) is 23.1 Å². The normalized spacial score (nSPS) is 17.1. The molecule has 2 amide bonds. The molecule has 0 aliphatic heterocycles. The number of aryl methyl sites for hydroxylation is 1. The van der Waals surface area contributed by atoms with Gasteiger partial charge in [-0.15, -0.1) is 0 Å². The molecule has 1 aromatic rings. The first kappa shape index (κ1) is 18.3. The number of aliphatic hydroxyl groups is 1. The van der Waals surface area contributed by atoms with Gasteiger partial charge in [0.15, 0.2) is 0 Å². The number of carbonyl (C=O) groups is 2. The van der Waals surface area contributed by atoms with Crippen LogP contribution in [0.25, 0.3) is 0 Å². The van der Waals surface area contributed by atoms with E-state index in [0.29, 0.717) is 0 Å². The summed E-state index contributed by atoms with van der Waals surface area (Å²) in [4.78, 5) is 24.0. The topological polar surface area (TPSA) is 78.4 Å². The molecule has 0 saturated heterocycles. The molecule has 1 fully saturated rings. The van der Waals surface area contributed by atoms with E-state index in [4.69, 9.17) is 0 Å². The molecular weight excluding hydrogens is 325 g/mol. The SMILES string of the molecule is Cc1ccc(NC(=O)C(NC(=O)C2CC2)C(C)O)cc1C(F)(F)F. The van der Waals surface area contributed by atoms with Crippen molar-refractivity contribution in [3.8, 4) is 0 Å². The summed E-state index contributed by atoms with van der Waals surface area (Å²) in [5.74, 6) is -1.26. The molecule has 0 aromatic heterocycles. The Labute approximate surface area is 137 Å². The molecule has 0 heterocycles. The minimum absolute atomic E-state index is 0.0367. The largest absolute Gasteiger partial charge is 0.416 e. The molecule has 3 N–H and O–H groups in total. The molecule has 2 rings (SSSR count). The minimum atomic E-state index is -4.53. The molecule has 1 aromatic carbocycles. The molecule has 8 heteroatoms. The van der Waals surface area contributed by atoms with Gasteiger partial charge in [-0.2, -0.15) is 13.2 Å². The number of alkyl halides is 3. The summed E-state index contributed by atoms with van der Waals surface area (Å²) in [6.45, 7) is 2.65. The first-order chi connectivity index (χ1) is 11.1. The van der Waals surface area contributed by atoms with Crippen molar-refractivity contribution in [3.05, 3.63) is 29.3 Å². The molecule has 0 spiro atoms. The molecule has 5 nitrogen and oxygen atoms in total. The lowest BCUT2D eigenvalue weighted by atomic mass is 10.1. The molecule has 0 bridgehead atoms. The molecule has 132 valence electrons. The standard InChI is InChI=1S/C16H19F3N2O3/c1-8-3-6-11(7-12(8)16(17,18)19)20-15(24)13(9(2)22)21-14(23)10-4-5-10/h3,6-7,9-10,13,22H,4-5H2,1-2H3,(H,20,24)(H,21,23). The lowest BCUT2D eigenvalue weighted by Crippen LogP contribution is -2.50. The summed E-state index contributed by atoms with van der Waals surface area (Å²) in [7, 11) is 0. The fraction of sp³-hybridized carbons (Fsp3) is 0.500. The Morgan fingerprint density at radius 1 is 1.29 bits per heavy atom. The highest BCUT2D eigenvalue weighted by Crippen LogP contribution is 2.33. The average molecular weight is 344 g/mol. The Kier molecular flexibility index (Phi) is 5.17. The fourth-order valence-corrected chi connectivity index (χ4v) is 2.25. The van der Waals surface area contributed by atoms with Crippen molar-refractivity contribution in [2.45, 2.75) is 45.0 Å². The van der Waals surface area contributed by atoms with Gasteiger partial charge in [0.05, 0.1) is 11.7 Å². The maximum Gasteiger partial charge on any atom is 0.416 e. The van der Waals surface area contributed by atoms with Gasteiger partial charge >= 0.3 is 6.18 Å². The fourth-order valence-electron chi connectivity index (χ4n) is 2.25. The first-order valence-corrected chi connectivity index (χ1v) is 7.56. The summed E-state index contributed by atoms with van der Waals surface area (Å²) in [6.07, 6.45) is -4.26. The van der Waals surface area contributed by atoms with Crippen molar-refractivity contribution in [2.24, 2.45) is 5.92 Å². The lowest BCUT2D eigenvalue weighted by molar-refractivity contribution is -0.138. The van der Waals surface area contributed by atoms with Crippen LogP contribution in [0.2, 0.25) is 0 Å². The third kappa shape index (κ3) is 4.47. The van der Waals surface area contributed by atoms with Crippen molar-refractivity contribution in [2.75, 3.05) is 5.32 Å². The zero-order valence-electron chi connectivity index (χ0n) is 13.3. The Morgan fingerprint density at radius 2 is 1.92 bits per heavy atom. The van der Waals surface area contributed by atoms with Crippen LogP contribution >= 0.6 is 0 Å². The minimum Gasteiger partial charge on any atom is -0.391 e. The van der Waals surface area contributed by atoms with Crippen molar-refractivity contribution in [1.29, 1.82) is 0 Å². The van der Waals surface area contributed by atoms with Gasteiger partial charge in [-0.3, -0.25) is 9.59 Å². The Balaban J connectivity index is 2.12. The van der Waals surface area contributed by atoms with Crippen molar-refractivity contribution in [3.63, 3.8) is 0 Å². The van der Waals surface area contributed by atoms with Gasteiger partial charge in [-0.25, -0.2) is 0 Å². The molecule has 24 heavy (non-hydrogen) atoms. The number of hydrogen-bond donors (Lipinski definition) is 3. The van der Waals surface area contributed by atoms with Crippen LogP contribution in [0.3, 0.4) is 0 Å². The monoisotopic (exact) mass is 344 g/mol. The van der Waals surface area contributed by atoms with Crippen LogP contribution < -0.4 is 10.6 Å². The lowest BCUT2D eigenvalue weighted by Gasteiger charge is -2.21. The van der Waals surface area contributed by atoms with E-state index in [1.807, 2.05) is 0 Å². The number of carbonyl (C=O) groups excluding carboxylic acids is 2. The number of nitrogens with one attached hydrogen (secondary N) is 2. The summed E-state index contributed by atoms with van der Waals surface area (Å²) in [6, 6.07) is 2.19. The molecule has 0 radical (unpaired) electrons. The van der Waals surface area contributed by atoms with Gasteiger partial charge in [-0.1, -0.05) is 6.07 Å². The summed E-state index contributed by atoms with van der Waals surface area (Å²) < 4.78 is 38.7. The average Bonchev–Trinajstić information content (AvgIpc) is 3.29. The molecule has 2 atom stereocenters. The van der Waals surface area contributed by atoms with Crippen LogP contribution in [-0.2, 0) is 15.8 Å². The van der Waals surface area contributed by atoms with Crippen molar-refractivity contribution in [1.82, 2.24) is 5.32 Å². The third-order valence-electron chi connectivity index (χ3n) is 3.82. The van der Waals surface area contributed by atoms with Crippen molar-refractivity contribution >= 4 is 17.5 Å². The zero-order valence-corrected chi connectivity index (χ0v) is 13.3.